The maximum atomic E-state index is 13.1. The summed E-state index contributed by atoms with van der Waals surface area (Å²) in [5.41, 5.74) is 2.40. The highest BCUT2D eigenvalue weighted by atomic mass is 35.5. The molecule has 0 saturated carbocycles. The Morgan fingerprint density at radius 2 is 1.52 bits per heavy atom. The minimum atomic E-state index is -3.69. The zero-order valence-corrected chi connectivity index (χ0v) is 18.3. The van der Waals surface area contributed by atoms with Gasteiger partial charge < -0.3 is 9.64 Å². The van der Waals surface area contributed by atoms with E-state index >= 15 is 0 Å². The fourth-order valence-corrected chi connectivity index (χ4v) is 5.63. The molecule has 160 valence electrons. The largest absolute Gasteiger partial charge is 0.453 e. The molecule has 3 aromatic carbocycles. The average Bonchev–Trinajstić information content (AvgIpc) is 2.79. The van der Waals surface area contributed by atoms with E-state index < -0.39 is 10.2 Å². The molecule has 1 atom stereocenters. The molecule has 31 heavy (non-hydrogen) atoms. The van der Waals surface area contributed by atoms with Crippen LogP contribution in [0.5, 0.6) is 11.5 Å². The van der Waals surface area contributed by atoms with Gasteiger partial charge in [0.05, 0.1) is 11.4 Å². The second kappa shape index (κ2) is 8.07. The third kappa shape index (κ3) is 3.96. The first-order valence-electron chi connectivity index (χ1n) is 10.2. The fourth-order valence-electron chi connectivity index (χ4n) is 4.21. The van der Waals surface area contributed by atoms with Crippen LogP contribution in [0.15, 0.2) is 72.8 Å². The number of fused-ring (bicyclic) bond motifs is 2. The van der Waals surface area contributed by atoms with E-state index in [1.807, 2.05) is 48.5 Å². The number of benzene rings is 3. The maximum absolute atomic E-state index is 13.1. The molecule has 2 heterocycles. The number of ether oxygens (including phenoxy) is 1. The van der Waals surface area contributed by atoms with Crippen LogP contribution >= 0.6 is 11.6 Å². The number of halogens is 1. The number of hydrogen-bond donors (Lipinski definition) is 1. The summed E-state index contributed by atoms with van der Waals surface area (Å²) in [6.07, 6.45) is 1.66. The van der Waals surface area contributed by atoms with E-state index in [-0.39, 0.29) is 6.04 Å². The number of rotatable bonds is 4. The van der Waals surface area contributed by atoms with Crippen molar-refractivity contribution in [1.82, 2.24) is 4.31 Å². The Morgan fingerprint density at radius 1 is 0.903 bits per heavy atom. The molecular weight excluding hydrogens is 434 g/mol. The van der Waals surface area contributed by atoms with Gasteiger partial charge in [-0.3, -0.25) is 4.72 Å². The lowest BCUT2D eigenvalue weighted by molar-refractivity contribution is 0.313. The summed E-state index contributed by atoms with van der Waals surface area (Å²) in [6, 6.07) is 22.4. The zero-order chi connectivity index (χ0) is 21.4. The fraction of sp³-hybridized carbons (Fsp3) is 0.217. The molecule has 1 N–H and O–H groups in total. The van der Waals surface area contributed by atoms with E-state index in [0.717, 1.165) is 35.7 Å². The van der Waals surface area contributed by atoms with E-state index in [1.165, 1.54) is 4.31 Å². The Hall–Kier alpha value is -2.74. The van der Waals surface area contributed by atoms with Gasteiger partial charge in [0, 0.05) is 29.8 Å². The quantitative estimate of drug-likeness (QED) is 0.571. The highest BCUT2D eigenvalue weighted by Gasteiger charge is 2.36. The molecule has 1 saturated heterocycles. The van der Waals surface area contributed by atoms with E-state index in [0.29, 0.717) is 23.8 Å². The molecule has 3 aromatic rings. The molecule has 0 aliphatic carbocycles. The summed E-state index contributed by atoms with van der Waals surface area (Å²) in [5, 5.41) is 0.561. The second-order valence-corrected chi connectivity index (χ2v) is 9.78. The van der Waals surface area contributed by atoms with Crippen molar-refractivity contribution in [2.24, 2.45) is 0 Å². The van der Waals surface area contributed by atoms with Gasteiger partial charge >= 0.3 is 10.2 Å². The first kappa shape index (κ1) is 20.2. The average molecular weight is 456 g/mol. The molecule has 0 amide bonds. The third-order valence-electron chi connectivity index (χ3n) is 5.62. The van der Waals surface area contributed by atoms with Crippen LogP contribution in [0.3, 0.4) is 0 Å². The van der Waals surface area contributed by atoms with E-state index in [4.69, 9.17) is 16.3 Å². The smallest absolute Gasteiger partial charge is 0.301 e. The molecular formula is C23H22ClN3O3S. The molecule has 0 spiro atoms. The van der Waals surface area contributed by atoms with Crippen LogP contribution < -0.4 is 14.4 Å². The van der Waals surface area contributed by atoms with Crippen LogP contribution in [0.1, 0.15) is 12.8 Å². The van der Waals surface area contributed by atoms with Crippen LogP contribution in [0, 0.1) is 0 Å². The Kier molecular flexibility index (Phi) is 5.25. The van der Waals surface area contributed by atoms with Gasteiger partial charge in [-0.1, -0.05) is 35.9 Å². The Balaban J connectivity index is 1.44. The van der Waals surface area contributed by atoms with E-state index in [2.05, 4.69) is 9.62 Å². The summed E-state index contributed by atoms with van der Waals surface area (Å²) >= 11 is 5.92. The van der Waals surface area contributed by atoms with Gasteiger partial charge in [0.15, 0.2) is 11.5 Å². The predicted octanol–water partition coefficient (Wildman–Crippen LogP) is 5.41. The lowest BCUT2D eigenvalue weighted by Crippen LogP contribution is -2.50. The van der Waals surface area contributed by atoms with Gasteiger partial charge in [-0.15, -0.1) is 0 Å². The van der Waals surface area contributed by atoms with Crippen molar-refractivity contribution in [3.8, 4) is 11.5 Å². The van der Waals surface area contributed by atoms with Crippen LogP contribution in [0.2, 0.25) is 5.02 Å². The number of nitrogens with one attached hydrogen (secondary N) is 1. The van der Waals surface area contributed by atoms with Gasteiger partial charge in [0.1, 0.15) is 0 Å². The predicted molar refractivity (Wildman–Crippen MR) is 124 cm³/mol. The van der Waals surface area contributed by atoms with Gasteiger partial charge in [-0.25, -0.2) is 0 Å². The minimum Gasteiger partial charge on any atom is -0.453 e. The van der Waals surface area contributed by atoms with Crippen molar-refractivity contribution in [3.63, 3.8) is 0 Å². The third-order valence-corrected chi connectivity index (χ3v) is 7.38. The maximum Gasteiger partial charge on any atom is 0.301 e. The Morgan fingerprint density at radius 3 is 2.16 bits per heavy atom. The molecule has 8 heteroatoms. The summed E-state index contributed by atoms with van der Waals surface area (Å²) in [5.74, 6) is 1.56. The van der Waals surface area contributed by atoms with Crippen molar-refractivity contribution < 1.29 is 13.2 Å². The monoisotopic (exact) mass is 455 g/mol. The first-order valence-corrected chi connectivity index (χ1v) is 12.0. The van der Waals surface area contributed by atoms with Gasteiger partial charge in [0.25, 0.3) is 0 Å². The van der Waals surface area contributed by atoms with Crippen molar-refractivity contribution >= 4 is 38.9 Å². The molecule has 2 aliphatic rings. The SMILES string of the molecule is O=S(=O)(Nc1ccc(Cl)cc1)N1CCC[C@H](N2c3ccccc3Oc3ccccc32)C1. The van der Waals surface area contributed by atoms with Gasteiger partial charge in [0.2, 0.25) is 0 Å². The standard InChI is InChI=1S/C23H22ClN3O3S/c24-17-11-13-18(14-12-17)25-31(28,29)26-15-5-6-19(16-26)27-20-7-1-3-9-22(20)30-23-10-4-2-8-21(23)27/h1-4,7-14,19,25H,5-6,15-16H2/t19-/m0/s1. The zero-order valence-electron chi connectivity index (χ0n) is 16.7. The van der Waals surface area contributed by atoms with Crippen molar-refractivity contribution in [1.29, 1.82) is 0 Å². The molecule has 0 aromatic heterocycles. The van der Waals surface area contributed by atoms with Crippen molar-refractivity contribution in [2.45, 2.75) is 18.9 Å². The summed E-state index contributed by atoms with van der Waals surface area (Å²) in [7, 11) is -3.69. The molecule has 2 aliphatic heterocycles. The van der Waals surface area contributed by atoms with Crippen LogP contribution in [0.4, 0.5) is 17.1 Å². The minimum absolute atomic E-state index is 0.0123. The summed E-state index contributed by atoms with van der Waals surface area (Å²) in [6.45, 7) is 0.860. The number of piperidine rings is 1. The van der Waals surface area contributed by atoms with Gasteiger partial charge in [-0.2, -0.15) is 12.7 Å². The number of hydrogen-bond acceptors (Lipinski definition) is 4. The molecule has 1 fully saturated rings. The Bertz CT molecular complexity index is 1160. The highest BCUT2D eigenvalue weighted by Crippen LogP contribution is 2.48. The molecule has 0 bridgehead atoms. The van der Waals surface area contributed by atoms with E-state index in [9.17, 15) is 8.42 Å². The van der Waals surface area contributed by atoms with Crippen LogP contribution in [0.25, 0.3) is 0 Å². The molecule has 5 rings (SSSR count). The lowest BCUT2D eigenvalue weighted by atomic mass is 10.0. The number of nitrogens with zero attached hydrogens (tertiary/aromatic N) is 2. The Labute approximate surface area is 187 Å². The lowest BCUT2D eigenvalue weighted by Gasteiger charge is -2.42. The normalized spacial score (nSPS) is 18.6. The molecule has 0 radical (unpaired) electrons. The number of para-hydroxylation sites is 4. The van der Waals surface area contributed by atoms with E-state index in [1.54, 1.807) is 24.3 Å². The highest BCUT2D eigenvalue weighted by molar-refractivity contribution is 7.90. The topological polar surface area (TPSA) is 61.9 Å². The number of anilines is 3. The molecule has 6 nitrogen and oxygen atoms in total. The van der Waals surface area contributed by atoms with Crippen LogP contribution in [-0.2, 0) is 10.2 Å². The second-order valence-electron chi connectivity index (χ2n) is 7.68. The van der Waals surface area contributed by atoms with Crippen molar-refractivity contribution in [3.05, 3.63) is 77.8 Å². The van der Waals surface area contributed by atoms with Crippen LogP contribution in [-0.4, -0.2) is 31.9 Å². The summed E-state index contributed by atoms with van der Waals surface area (Å²) in [4.78, 5) is 2.22. The van der Waals surface area contributed by atoms with Gasteiger partial charge in [-0.05, 0) is 61.4 Å². The molecule has 0 unspecified atom stereocenters. The first-order chi connectivity index (χ1) is 15.0. The summed E-state index contributed by atoms with van der Waals surface area (Å²) < 4.78 is 36.5. The van der Waals surface area contributed by atoms with Crippen molar-refractivity contribution in [2.75, 3.05) is 22.7 Å².